The third-order valence-corrected chi connectivity index (χ3v) is 3.51. The molecule has 1 saturated carbocycles. The van der Waals surface area contributed by atoms with Gasteiger partial charge in [0.05, 0.1) is 0 Å². The first-order chi connectivity index (χ1) is 10.4. The average Bonchev–Trinajstić information content (AvgIpc) is 2.32. The van der Waals surface area contributed by atoms with Gasteiger partial charge < -0.3 is 21.5 Å². The summed E-state index contributed by atoms with van der Waals surface area (Å²) in [6.45, 7) is 5.43. The number of carbonyl (C=O) groups is 4. The van der Waals surface area contributed by atoms with E-state index in [9.17, 15) is 23.6 Å². The first-order valence-corrected chi connectivity index (χ1v) is 7.13. The van der Waals surface area contributed by atoms with Gasteiger partial charge in [-0.05, 0) is 11.8 Å². The summed E-state index contributed by atoms with van der Waals surface area (Å²) in [4.78, 5) is 46.3. The van der Waals surface area contributed by atoms with Crippen LogP contribution in [0.15, 0.2) is 0 Å². The molecule has 5 N–H and O–H groups in total. The molecule has 0 radical (unpaired) electrons. The van der Waals surface area contributed by atoms with Gasteiger partial charge in [0, 0.05) is 12.8 Å². The minimum absolute atomic E-state index is 0.127. The highest BCUT2D eigenvalue weighted by molar-refractivity contribution is 6.39. The van der Waals surface area contributed by atoms with E-state index < -0.39 is 41.5 Å². The topological polar surface area (TPSA) is 142 Å². The normalized spacial score (nSPS) is 25.0. The van der Waals surface area contributed by atoms with Crippen molar-refractivity contribution in [3.8, 4) is 0 Å². The van der Waals surface area contributed by atoms with E-state index in [1.165, 1.54) is 0 Å². The van der Waals surface area contributed by atoms with Crippen LogP contribution in [0, 0.1) is 5.41 Å². The van der Waals surface area contributed by atoms with Crippen molar-refractivity contribution >= 4 is 23.7 Å². The van der Waals surface area contributed by atoms with Crippen LogP contribution in [0.1, 0.15) is 40.0 Å². The fraction of sp³-hybridized carbons (Fsp3) is 0.714. The number of ketones is 1. The number of primary amides is 2. The zero-order chi connectivity index (χ0) is 18.0. The molecule has 1 fully saturated rings. The summed E-state index contributed by atoms with van der Waals surface area (Å²) < 4.78 is 18.0. The van der Waals surface area contributed by atoms with Crippen LogP contribution in [-0.4, -0.2) is 41.5 Å². The van der Waals surface area contributed by atoms with E-state index in [2.05, 4.69) is 5.32 Å². The Morgan fingerprint density at radius 2 is 1.78 bits per heavy atom. The highest BCUT2D eigenvalue weighted by Gasteiger charge is 2.54. The van der Waals surface area contributed by atoms with Crippen LogP contribution >= 0.6 is 0 Å². The van der Waals surface area contributed by atoms with Gasteiger partial charge >= 0.3 is 6.09 Å². The van der Waals surface area contributed by atoms with Crippen molar-refractivity contribution in [1.29, 1.82) is 0 Å². The van der Waals surface area contributed by atoms with Crippen molar-refractivity contribution < 1.29 is 28.3 Å². The van der Waals surface area contributed by atoms with E-state index in [0.29, 0.717) is 0 Å². The van der Waals surface area contributed by atoms with E-state index in [4.69, 9.17) is 16.2 Å². The summed E-state index contributed by atoms with van der Waals surface area (Å²) in [6.07, 6.45) is -4.30. The molecule has 0 saturated heterocycles. The number of carbonyl (C=O) groups excluding carboxylic acids is 4. The molecule has 9 heteroatoms. The van der Waals surface area contributed by atoms with Gasteiger partial charge in [-0.2, -0.15) is 0 Å². The largest absolute Gasteiger partial charge is 0.436 e. The van der Waals surface area contributed by atoms with Crippen molar-refractivity contribution in [3.63, 3.8) is 0 Å². The van der Waals surface area contributed by atoms with Crippen molar-refractivity contribution in [2.24, 2.45) is 16.9 Å². The van der Waals surface area contributed by atoms with Crippen LogP contribution in [0.25, 0.3) is 0 Å². The second-order valence-electron chi connectivity index (χ2n) is 6.96. The maximum atomic E-state index is 13.2. The Bertz CT molecular complexity index is 523. The van der Waals surface area contributed by atoms with Crippen molar-refractivity contribution in [1.82, 2.24) is 5.32 Å². The molecule has 130 valence electrons. The number of ether oxygens (including phenoxy) is 1. The number of alkyl halides is 1. The summed E-state index contributed by atoms with van der Waals surface area (Å²) in [5.74, 6) is -3.16. The Balaban J connectivity index is 2.92. The maximum Gasteiger partial charge on any atom is 0.405 e. The molecular formula is C14H22FN3O5. The van der Waals surface area contributed by atoms with Gasteiger partial charge in [-0.3, -0.25) is 14.4 Å². The zero-order valence-corrected chi connectivity index (χ0v) is 13.3. The highest BCUT2D eigenvalue weighted by Crippen LogP contribution is 2.36. The summed E-state index contributed by atoms with van der Waals surface area (Å²) >= 11 is 0. The SMILES string of the molecule is CC(C)(C)C[C@H](OC(N)=O)C(=O)NC1(C(=O)C(N)=O)CC(F)C1. The van der Waals surface area contributed by atoms with Crippen molar-refractivity contribution in [2.75, 3.05) is 0 Å². The molecular weight excluding hydrogens is 309 g/mol. The van der Waals surface area contributed by atoms with E-state index in [0.717, 1.165) is 0 Å². The number of rotatable bonds is 6. The number of halogens is 1. The van der Waals surface area contributed by atoms with Gasteiger partial charge in [0.15, 0.2) is 6.10 Å². The number of hydrogen-bond donors (Lipinski definition) is 3. The fourth-order valence-corrected chi connectivity index (χ4v) is 2.48. The fourth-order valence-electron chi connectivity index (χ4n) is 2.48. The lowest BCUT2D eigenvalue weighted by atomic mass is 9.71. The molecule has 0 heterocycles. The van der Waals surface area contributed by atoms with E-state index in [-0.39, 0.29) is 24.7 Å². The number of amides is 3. The predicted octanol–water partition coefficient (Wildman–Crippen LogP) is -0.0722. The molecule has 1 atom stereocenters. The second kappa shape index (κ2) is 6.51. The number of hydrogen-bond acceptors (Lipinski definition) is 5. The van der Waals surface area contributed by atoms with Crippen molar-refractivity contribution in [3.05, 3.63) is 0 Å². The lowest BCUT2D eigenvalue weighted by molar-refractivity contribution is -0.148. The Kier molecular flexibility index (Phi) is 5.34. The smallest absolute Gasteiger partial charge is 0.405 e. The number of Topliss-reactive ketones (excluding diaryl/α,β-unsaturated/α-hetero) is 1. The Morgan fingerprint density at radius 1 is 1.26 bits per heavy atom. The number of nitrogens with one attached hydrogen (secondary N) is 1. The predicted molar refractivity (Wildman–Crippen MR) is 77.7 cm³/mol. The molecule has 23 heavy (non-hydrogen) atoms. The average molecular weight is 331 g/mol. The summed E-state index contributed by atoms with van der Waals surface area (Å²) in [5, 5.41) is 2.31. The molecule has 1 aliphatic rings. The third-order valence-electron chi connectivity index (χ3n) is 3.51. The minimum Gasteiger partial charge on any atom is -0.436 e. The molecule has 1 aliphatic carbocycles. The van der Waals surface area contributed by atoms with E-state index >= 15 is 0 Å². The molecule has 0 unspecified atom stereocenters. The molecule has 0 aromatic heterocycles. The van der Waals surface area contributed by atoms with Crippen LogP contribution in [0.4, 0.5) is 9.18 Å². The minimum atomic E-state index is -1.68. The first-order valence-electron chi connectivity index (χ1n) is 7.13. The molecule has 0 spiro atoms. The van der Waals surface area contributed by atoms with Gasteiger partial charge in [0.1, 0.15) is 11.7 Å². The van der Waals surface area contributed by atoms with Gasteiger partial charge in [-0.25, -0.2) is 9.18 Å². The van der Waals surface area contributed by atoms with E-state index in [1.807, 2.05) is 20.8 Å². The van der Waals surface area contributed by atoms with Gasteiger partial charge in [0.2, 0.25) is 5.78 Å². The maximum absolute atomic E-state index is 13.2. The summed E-state index contributed by atoms with van der Waals surface area (Å²) in [6, 6.07) is 0. The molecule has 0 aromatic rings. The Morgan fingerprint density at radius 3 is 2.13 bits per heavy atom. The van der Waals surface area contributed by atoms with Crippen molar-refractivity contribution in [2.45, 2.75) is 57.8 Å². The molecule has 0 bridgehead atoms. The van der Waals surface area contributed by atoms with Gasteiger partial charge in [-0.1, -0.05) is 20.8 Å². The van der Waals surface area contributed by atoms with Crippen LogP contribution in [0.2, 0.25) is 0 Å². The Hall–Kier alpha value is -2.19. The second-order valence-corrected chi connectivity index (χ2v) is 6.96. The molecule has 8 nitrogen and oxygen atoms in total. The summed E-state index contributed by atoms with van der Waals surface area (Å²) in [7, 11) is 0. The first kappa shape index (κ1) is 18.9. The monoisotopic (exact) mass is 331 g/mol. The highest BCUT2D eigenvalue weighted by atomic mass is 19.1. The third kappa shape index (κ3) is 4.90. The number of nitrogens with two attached hydrogens (primary N) is 2. The van der Waals surface area contributed by atoms with Crippen LogP contribution < -0.4 is 16.8 Å². The van der Waals surface area contributed by atoms with Crippen LogP contribution in [0.3, 0.4) is 0 Å². The zero-order valence-electron chi connectivity index (χ0n) is 13.3. The summed E-state index contributed by atoms with van der Waals surface area (Å²) in [5.41, 5.74) is 7.82. The van der Waals surface area contributed by atoms with Gasteiger partial charge in [-0.15, -0.1) is 0 Å². The molecule has 0 aliphatic heterocycles. The quantitative estimate of drug-likeness (QED) is 0.584. The molecule has 0 aromatic carbocycles. The lowest BCUT2D eigenvalue weighted by Gasteiger charge is -2.43. The standard InChI is InChI=1S/C14H22FN3O5/c1-13(2,3)6-8(23-12(17)22)11(21)18-14(4-7(15)5-14)9(19)10(16)20/h7-8H,4-6H2,1-3H3,(H2,16,20)(H2,17,22)(H,18,21)/t7?,8-,14?/m0/s1. The van der Waals surface area contributed by atoms with Crippen LogP contribution in [-0.2, 0) is 19.1 Å². The lowest BCUT2D eigenvalue weighted by Crippen LogP contribution is -2.67. The van der Waals surface area contributed by atoms with Gasteiger partial charge in [0.25, 0.3) is 11.8 Å². The molecule has 3 amide bonds. The Labute approximate surface area is 133 Å². The molecule has 1 rings (SSSR count). The van der Waals surface area contributed by atoms with Crippen LogP contribution in [0.5, 0.6) is 0 Å². The van der Waals surface area contributed by atoms with E-state index in [1.54, 1.807) is 0 Å².